The van der Waals surface area contributed by atoms with Crippen molar-refractivity contribution in [1.82, 2.24) is 0 Å². The van der Waals surface area contributed by atoms with Crippen molar-refractivity contribution >= 4 is 51.4 Å². The molecule has 0 bridgehead atoms. The Morgan fingerprint density at radius 2 is 1.83 bits per heavy atom. The number of anilines is 1. The van der Waals surface area contributed by atoms with Crippen LogP contribution >= 0.6 is 34.5 Å². The number of nitrogens with one attached hydrogen (secondary N) is 1. The first kappa shape index (κ1) is 21.2. The zero-order chi connectivity index (χ0) is 21.0. The van der Waals surface area contributed by atoms with Crippen molar-refractivity contribution in [1.29, 1.82) is 0 Å². The van der Waals surface area contributed by atoms with E-state index in [2.05, 4.69) is 5.32 Å². The number of thiophene rings is 1. The molecule has 0 atom stereocenters. The maximum Gasteiger partial charge on any atom is 0.341 e. The van der Waals surface area contributed by atoms with E-state index < -0.39 is 11.9 Å². The Bertz CT molecular complexity index is 1050. The van der Waals surface area contributed by atoms with Gasteiger partial charge in [-0.3, -0.25) is 4.79 Å². The molecule has 0 aliphatic rings. The van der Waals surface area contributed by atoms with E-state index in [1.54, 1.807) is 37.6 Å². The van der Waals surface area contributed by atoms with E-state index in [-0.39, 0.29) is 17.2 Å². The Balaban J connectivity index is 1.98. The molecule has 0 radical (unpaired) electrons. The van der Waals surface area contributed by atoms with Crippen molar-refractivity contribution in [3.05, 3.63) is 69.0 Å². The minimum Gasteiger partial charge on any atom is -0.497 e. The number of hydrogen-bond acceptors (Lipinski definition) is 5. The van der Waals surface area contributed by atoms with Gasteiger partial charge >= 0.3 is 5.97 Å². The highest BCUT2D eigenvalue weighted by Crippen LogP contribution is 2.37. The predicted molar refractivity (Wildman–Crippen MR) is 117 cm³/mol. The van der Waals surface area contributed by atoms with E-state index in [1.807, 2.05) is 12.1 Å². The van der Waals surface area contributed by atoms with Crippen molar-refractivity contribution in [3.8, 4) is 16.9 Å². The largest absolute Gasteiger partial charge is 0.497 e. The van der Waals surface area contributed by atoms with Gasteiger partial charge in [-0.1, -0.05) is 35.3 Å². The van der Waals surface area contributed by atoms with E-state index >= 15 is 0 Å². The standard InChI is InChI=1S/C21H17Cl2NO4S/c1-3-28-21(26)18-16(12-4-7-14(27-2)8-5-12)11-29-20(18)24-19(25)15-9-6-13(22)10-17(15)23/h4-11H,3H2,1-2H3,(H,24,25). The molecular formula is C21H17Cl2NO4S. The molecule has 29 heavy (non-hydrogen) atoms. The van der Waals surface area contributed by atoms with Crippen molar-refractivity contribution in [2.24, 2.45) is 0 Å². The Hall–Kier alpha value is -2.54. The molecule has 0 unspecified atom stereocenters. The third-order valence-corrected chi connectivity index (χ3v) is 5.52. The first-order valence-corrected chi connectivity index (χ1v) is 10.3. The summed E-state index contributed by atoms with van der Waals surface area (Å²) in [6.07, 6.45) is 0. The number of rotatable bonds is 6. The van der Waals surface area contributed by atoms with Crippen molar-refractivity contribution in [3.63, 3.8) is 0 Å². The molecule has 0 aliphatic carbocycles. The number of carbonyl (C=O) groups is 2. The zero-order valence-corrected chi connectivity index (χ0v) is 18.0. The molecule has 3 aromatic rings. The summed E-state index contributed by atoms with van der Waals surface area (Å²) in [6, 6.07) is 11.9. The van der Waals surface area contributed by atoms with Crippen LogP contribution in [0.3, 0.4) is 0 Å². The molecule has 0 fully saturated rings. The van der Waals surface area contributed by atoms with E-state index in [9.17, 15) is 9.59 Å². The van der Waals surface area contributed by atoms with Gasteiger partial charge in [-0.2, -0.15) is 0 Å². The second kappa shape index (κ2) is 9.31. The van der Waals surface area contributed by atoms with Crippen LogP contribution in [0.5, 0.6) is 5.75 Å². The number of hydrogen-bond donors (Lipinski definition) is 1. The van der Waals surface area contributed by atoms with Gasteiger partial charge in [-0.15, -0.1) is 11.3 Å². The van der Waals surface area contributed by atoms with E-state index in [0.717, 1.165) is 5.56 Å². The number of methoxy groups -OCH3 is 1. The lowest BCUT2D eigenvalue weighted by Gasteiger charge is -2.10. The number of amides is 1. The maximum atomic E-state index is 12.7. The normalized spacial score (nSPS) is 10.5. The summed E-state index contributed by atoms with van der Waals surface area (Å²) in [7, 11) is 1.58. The van der Waals surface area contributed by atoms with Gasteiger partial charge in [0.25, 0.3) is 5.91 Å². The smallest absolute Gasteiger partial charge is 0.341 e. The number of esters is 1. The second-order valence-electron chi connectivity index (χ2n) is 5.88. The van der Waals surface area contributed by atoms with Crippen LogP contribution < -0.4 is 10.1 Å². The van der Waals surface area contributed by atoms with Gasteiger partial charge in [0.2, 0.25) is 0 Å². The van der Waals surface area contributed by atoms with Gasteiger partial charge in [-0.25, -0.2) is 4.79 Å². The van der Waals surface area contributed by atoms with Crippen LogP contribution in [-0.2, 0) is 4.74 Å². The number of carbonyl (C=O) groups excluding carboxylic acids is 2. The van der Waals surface area contributed by atoms with E-state index in [1.165, 1.54) is 23.5 Å². The van der Waals surface area contributed by atoms with Crippen LogP contribution in [-0.4, -0.2) is 25.6 Å². The van der Waals surface area contributed by atoms with Gasteiger partial charge in [-0.05, 0) is 42.8 Å². The molecule has 2 aromatic carbocycles. The Morgan fingerprint density at radius 3 is 2.45 bits per heavy atom. The molecule has 1 heterocycles. The number of halogens is 2. The predicted octanol–water partition coefficient (Wildman–Crippen LogP) is 6.16. The first-order valence-electron chi connectivity index (χ1n) is 8.64. The molecule has 3 rings (SSSR count). The van der Waals surface area contributed by atoms with Crippen LogP contribution in [0.25, 0.3) is 11.1 Å². The summed E-state index contributed by atoms with van der Waals surface area (Å²) in [5.74, 6) is -0.259. The third kappa shape index (κ3) is 4.72. The highest BCUT2D eigenvalue weighted by Gasteiger charge is 2.23. The van der Waals surface area contributed by atoms with Crippen LogP contribution in [0, 0.1) is 0 Å². The maximum absolute atomic E-state index is 12.7. The van der Waals surface area contributed by atoms with Gasteiger partial charge in [0, 0.05) is 16.0 Å². The first-order chi connectivity index (χ1) is 13.9. The molecular weight excluding hydrogens is 433 g/mol. The van der Waals surface area contributed by atoms with Crippen molar-refractivity contribution in [2.45, 2.75) is 6.92 Å². The molecule has 0 saturated carbocycles. The molecule has 1 N–H and O–H groups in total. The highest BCUT2D eigenvalue weighted by atomic mass is 35.5. The summed E-state index contributed by atoms with van der Waals surface area (Å²) >= 11 is 13.3. The summed E-state index contributed by atoms with van der Waals surface area (Å²) in [5.41, 5.74) is 2.01. The number of ether oxygens (including phenoxy) is 2. The topological polar surface area (TPSA) is 64.6 Å². The van der Waals surface area contributed by atoms with Gasteiger partial charge in [0.05, 0.1) is 24.3 Å². The average Bonchev–Trinajstić information content (AvgIpc) is 3.11. The molecule has 1 aromatic heterocycles. The van der Waals surface area contributed by atoms with Crippen LogP contribution in [0.15, 0.2) is 47.8 Å². The summed E-state index contributed by atoms with van der Waals surface area (Å²) in [5, 5.41) is 5.59. The highest BCUT2D eigenvalue weighted by molar-refractivity contribution is 7.15. The molecule has 150 valence electrons. The average molecular weight is 450 g/mol. The van der Waals surface area contributed by atoms with Crippen molar-refractivity contribution in [2.75, 3.05) is 19.0 Å². The molecule has 0 spiro atoms. The fourth-order valence-corrected chi connectivity index (χ4v) is 4.13. The molecule has 5 nitrogen and oxygen atoms in total. The zero-order valence-electron chi connectivity index (χ0n) is 15.6. The monoisotopic (exact) mass is 449 g/mol. The minimum atomic E-state index is -0.517. The molecule has 0 aliphatic heterocycles. The molecule has 8 heteroatoms. The summed E-state index contributed by atoms with van der Waals surface area (Å²) in [6.45, 7) is 1.94. The summed E-state index contributed by atoms with van der Waals surface area (Å²) in [4.78, 5) is 25.3. The summed E-state index contributed by atoms with van der Waals surface area (Å²) < 4.78 is 10.4. The quantitative estimate of drug-likeness (QED) is 0.457. The Labute approximate surface area is 182 Å². The van der Waals surface area contributed by atoms with E-state index in [4.69, 9.17) is 32.7 Å². The van der Waals surface area contributed by atoms with Gasteiger partial charge in [0.15, 0.2) is 0 Å². The lowest BCUT2D eigenvalue weighted by atomic mass is 10.0. The lowest BCUT2D eigenvalue weighted by molar-refractivity contribution is 0.0529. The van der Waals surface area contributed by atoms with Crippen LogP contribution in [0.2, 0.25) is 10.0 Å². The van der Waals surface area contributed by atoms with Crippen molar-refractivity contribution < 1.29 is 19.1 Å². The fourth-order valence-electron chi connectivity index (χ4n) is 2.68. The van der Waals surface area contributed by atoms with Crippen LogP contribution in [0.4, 0.5) is 5.00 Å². The number of benzene rings is 2. The second-order valence-corrected chi connectivity index (χ2v) is 7.60. The molecule has 0 saturated heterocycles. The fraction of sp³-hybridized carbons (Fsp3) is 0.143. The van der Waals surface area contributed by atoms with E-state index in [0.29, 0.717) is 26.9 Å². The SMILES string of the molecule is CCOC(=O)c1c(-c2ccc(OC)cc2)csc1NC(=O)c1ccc(Cl)cc1Cl. The van der Waals surface area contributed by atoms with Crippen LogP contribution in [0.1, 0.15) is 27.6 Å². The minimum absolute atomic E-state index is 0.215. The third-order valence-electron chi connectivity index (χ3n) is 4.07. The Morgan fingerprint density at radius 1 is 1.10 bits per heavy atom. The molecule has 1 amide bonds. The lowest BCUT2D eigenvalue weighted by Crippen LogP contribution is -2.15. The Kier molecular flexibility index (Phi) is 6.79. The van der Waals surface area contributed by atoms with Gasteiger partial charge < -0.3 is 14.8 Å². The van der Waals surface area contributed by atoms with Gasteiger partial charge in [0.1, 0.15) is 16.3 Å².